The van der Waals surface area contributed by atoms with Crippen molar-refractivity contribution in [2.75, 3.05) is 13.2 Å². The summed E-state index contributed by atoms with van der Waals surface area (Å²) in [6.07, 6.45) is 4.94. The maximum absolute atomic E-state index is 12.2. The van der Waals surface area contributed by atoms with Gasteiger partial charge in [0.15, 0.2) is 0 Å². The van der Waals surface area contributed by atoms with Gasteiger partial charge >= 0.3 is 5.97 Å². The Morgan fingerprint density at radius 2 is 1.77 bits per heavy atom. The van der Waals surface area contributed by atoms with Gasteiger partial charge in [0.05, 0.1) is 13.2 Å². The lowest BCUT2D eigenvalue weighted by atomic mass is 10.0. The molecule has 0 amide bonds. The van der Waals surface area contributed by atoms with Crippen LogP contribution in [0.5, 0.6) is 5.75 Å². The molecule has 0 spiro atoms. The molecule has 0 atom stereocenters. The van der Waals surface area contributed by atoms with Crippen LogP contribution in [0.4, 0.5) is 0 Å². The highest BCUT2D eigenvalue weighted by Crippen LogP contribution is 2.23. The minimum Gasteiger partial charge on any atom is -0.493 e. The molecule has 0 saturated carbocycles. The van der Waals surface area contributed by atoms with Crippen LogP contribution in [0.1, 0.15) is 69.3 Å². The van der Waals surface area contributed by atoms with E-state index < -0.39 is 0 Å². The first-order valence-electron chi connectivity index (χ1n) is 8.51. The van der Waals surface area contributed by atoms with Gasteiger partial charge in [-0.15, -0.1) is 0 Å². The molecule has 0 bridgehead atoms. The molecule has 0 saturated heterocycles. The Balaban J connectivity index is 2.85. The van der Waals surface area contributed by atoms with Crippen molar-refractivity contribution in [1.29, 1.82) is 0 Å². The second-order valence-electron chi connectivity index (χ2n) is 6.12. The first kappa shape index (κ1) is 18.5. The SMILES string of the molecule is CCCCOC(=O)c1ccc(CC(C)C)cc1OCCCC. The second kappa shape index (κ2) is 10.3. The van der Waals surface area contributed by atoms with Crippen LogP contribution in [-0.4, -0.2) is 19.2 Å². The number of esters is 1. The fourth-order valence-electron chi connectivity index (χ4n) is 2.17. The normalized spacial score (nSPS) is 10.8. The largest absolute Gasteiger partial charge is 0.493 e. The van der Waals surface area contributed by atoms with E-state index in [4.69, 9.17) is 9.47 Å². The van der Waals surface area contributed by atoms with E-state index in [0.29, 0.717) is 30.4 Å². The molecule has 0 N–H and O–H groups in total. The summed E-state index contributed by atoms with van der Waals surface area (Å²) in [5.74, 6) is 0.954. The summed E-state index contributed by atoms with van der Waals surface area (Å²) in [7, 11) is 0. The number of rotatable bonds is 10. The zero-order chi connectivity index (χ0) is 16.4. The summed E-state index contributed by atoms with van der Waals surface area (Å²) >= 11 is 0. The van der Waals surface area contributed by atoms with Gasteiger partial charge in [-0.25, -0.2) is 4.79 Å². The van der Waals surface area contributed by atoms with Gasteiger partial charge < -0.3 is 9.47 Å². The van der Waals surface area contributed by atoms with E-state index >= 15 is 0 Å². The minimum absolute atomic E-state index is 0.281. The van der Waals surface area contributed by atoms with E-state index in [1.807, 2.05) is 18.2 Å². The summed E-state index contributed by atoms with van der Waals surface area (Å²) in [6.45, 7) is 9.68. The van der Waals surface area contributed by atoms with Crippen molar-refractivity contribution < 1.29 is 14.3 Å². The summed E-state index contributed by atoms with van der Waals surface area (Å²) < 4.78 is 11.1. The predicted octanol–water partition coefficient (Wildman–Crippen LogP) is 5.02. The molecule has 0 fully saturated rings. The fourth-order valence-corrected chi connectivity index (χ4v) is 2.17. The molecule has 3 nitrogen and oxygen atoms in total. The molecule has 1 aromatic rings. The van der Waals surface area contributed by atoms with E-state index in [-0.39, 0.29) is 5.97 Å². The van der Waals surface area contributed by atoms with Gasteiger partial charge in [0.1, 0.15) is 11.3 Å². The Kier molecular flexibility index (Phi) is 8.64. The van der Waals surface area contributed by atoms with Crippen LogP contribution in [-0.2, 0) is 11.2 Å². The lowest BCUT2D eigenvalue weighted by Crippen LogP contribution is -2.10. The standard InChI is InChI=1S/C19H30O3/c1-5-7-11-21-18-14-16(13-15(3)4)9-10-17(18)19(20)22-12-8-6-2/h9-10,14-15H,5-8,11-13H2,1-4H3. The molecule has 3 heteroatoms. The molecule has 0 unspecified atom stereocenters. The quantitative estimate of drug-likeness (QED) is 0.450. The van der Waals surface area contributed by atoms with E-state index in [1.54, 1.807) is 0 Å². The third-order valence-corrected chi connectivity index (χ3v) is 3.40. The van der Waals surface area contributed by atoms with Gasteiger partial charge in [-0.2, -0.15) is 0 Å². The van der Waals surface area contributed by atoms with Crippen molar-refractivity contribution in [3.05, 3.63) is 29.3 Å². The lowest BCUT2D eigenvalue weighted by Gasteiger charge is -2.14. The lowest BCUT2D eigenvalue weighted by molar-refractivity contribution is 0.0495. The molecular weight excluding hydrogens is 276 g/mol. The van der Waals surface area contributed by atoms with E-state index in [9.17, 15) is 4.79 Å². The molecule has 1 aromatic carbocycles. The highest BCUT2D eigenvalue weighted by atomic mass is 16.5. The molecule has 0 aromatic heterocycles. The van der Waals surface area contributed by atoms with Gasteiger partial charge in [0, 0.05) is 0 Å². The summed E-state index contributed by atoms with van der Waals surface area (Å²) in [5.41, 5.74) is 1.74. The van der Waals surface area contributed by atoms with Crippen LogP contribution in [0, 0.1) is 5.92 Å². The van der Waals surface area contributed by atoms with Gasteiger partial charge in [-0.05, 0) is 42.9 Å². The van der Waals surface area contributed by atoms with Crippen molar-refractivity contribution in [2.24, 2.45) is 5.92 Å². The van der Waals surface area contributed by atoms with Crippen LogP contribution >= 0.6 is 0 Å². The molecule has 1 rings (SSSR count). The molecular formula is C19H30O3. The highest BCUT2D eigenvalue weighted by Gasteiger charge is 2.15. The molecule has 0 radical (unpaired) electrons. The number of unbranched alkanes of at least 4 members (excludes halogenated alkanes) is 2. The Hall–Kier alpha value is -1.51. The minimum atomic E-state index is -0.281. The first-order chi connectivity index (χ1) is 10.6. The smallest absolute Gasteiger partial charge is 0.341 e. The Bertz CT molecular complexity index is 452. The summed E-state index contributed by atoms with van der Waals surface area (Å²) in [5, 5.41) is 0. The number of carbonyl (C=O) groups excluding carboxylic acids is 1. The zero-order valence-corrected chi connectivity index (χ0v) is 14.5. The van der Waals surface area contributed by atoms with Crippen LogP contribution in [0.15, 0.2) is 18.2 Å². The van der Waals surface area contributed by atoms with E-state index in [0.717, 1.165) is 32.1 Å². The van der Waals surface area contributed by atoms with Crippen LogP contribution < -0.4 is 4.74 Å². The molecule has 0 aliphatic carbocycles. The van der Waals surface area contributed by atoms with Crippen LogP contribution in [0.25, 0.3) is 0 Å². The Labute approximate surface area is 135 Å². The average Bonchev–Trinajstić information content (AvgIpc) is 2.47. The Morgan fingerprint density at radius 1 is 1.09 bits per heavy atom. The fraction of sp³-hybridized carbons (Fsp3) is 0.632. The van der Waals surface area contributed by atoms with Gasteiger partial charge in [0.25, 0.3) is 0 Å². The maximum atomic E-state index is 12.2. The summed E-state index contributed by atoms with van der Waals surface area (Å²) in [6, 6.07) is 5.84. The third-order valence-electron chi connectivity index (χ3n) is 3.40. The molecule has 0 heterocycles. The molecule has 124 valence electrons. The van der Waals surface area contributed by atoms with Crippen molar-refractivity contribution >= 4 is 5.97 Å². The molecule has 22 heavy (non-hydrogen) atoms. The number of benzene rings is 1. The number of hydrogen-bond acceptors (Lipinski definition) is 3. The van der Waals surface area contributed by atoms with E-state index in [2.05, 4.69) is 27.7 Å². The number of ether oxygens (including phenoxy) is 2. The van der Waals surface area contributed by atoms with Crippen LogP contribution in [0.3, 0.4) is 0 Å². The van der Waals surface area contributed by atoms with Crippen molar-refractivity contribution in [1.82, 2.24) is 0 Å². The monoisotopic (exact) mass is 306 g/mol. The number of hydrogen-bond donors (Lipinski definition) is 0. The zero-order valence-electron chi connectivity index (χ0n) is 14.5. The number of carbonyl (C=O) groups is 1. The van der Waals surface area contributed by atoms with Crippen molar-refractivity contribution in [2.45, 2.75) is 59.8 Å². The highest BCUT2D eigenvalue weighted by molar-refractivity contribution is 5.92. The van der Waals surface area contributed by atoms with Gasteiger partial charge in [-0.3, -0.25) is 0 Å². The first-order valence-corrected chi connectivity index (χ1v) is 8.51. The average molecular weight is 306 g/mol. The van der Waals surface area contributed by atoms with Gasteiger partial charge in [0.2, 0.25) is 0 Å². The predicted molar refractivity (Wildman–Crippen MR) is 90.6 cm³/mol. The second-order valence-corrected chi connectivity index (χ2v) is 6.12. The van der Waals surface area contributed by atoms with Crippen LogP contribution in [0.2, 0.25) is 0 Å². The van der Waals surface area contributed by atoms with Crippen molar-refractivity contribution in [3.8, 4) is 5.75 Å². The van der Waals surface area contributed by atoms with Crippen molar-refractivity contribution in [3.63, 3.8) is 0 Å². The Morgan fingerprint density at radius 3 is 2.41 bits per heavy atom. The molecule has 0 aliphatic heterocycles. The maximum Gasteiger partial charge on any atom is 0.341 e. The molecule has 0 aliphatic rings. The van der Waals surface area contributed by atoms with Gasteiger partial charge in [-0.1, -0.05) is 46.6 Å². The summed E-state index contributed by atoms with van der Waals surface area (Å²) in [4.78, 5) is 12.2. The van der Waals surface area contributed by atoms with E-state index in [1.165, 1.54) is 5.56 Å². The third kappa shape index (κ3) is 6.50. The topological polar surface area (TPSA) is 35.5 Å².